The lowest BCUT2D eigenvalue weighted by molar-refractivity contribution is 0.755. The van der Waals surface area contributed by atoms with Gasteiger partial charge in [-0.15, -0.1) is 5.10 Å². The molecule has 0 bridgehead atoms. The fourth-order valence-corrected chi connectivity index (χ4v) is 1.67. The van der Waals surface area contributed by atoms with Crippen molar-refractivity contribution in [2.24, 2.45) is 5.73 Å². The molecular formula is C12H16N4. The van der Waals surface area contributed by atoms with Gasteiger partial charge in [0, 0.05) is 6.04 Å². The molecule has 0 aliphatic carbocycles. The van der Waals surface area contributed by atoms with E-state index in [4.69, 9.17) is 5.73 Å². The van der Waals surface area contributed by atoms with Crippen LogP contribution in [0.5, 0.6) is 0 Å². The highest BCUT2D eigenvalue weighted by atomic mass is 15.4. The molecule has 1 heterocycles. The first-order valence-electron chi connectivity index (χ1n) is 5.33. The molecule has 1 unspecified atom stereocenters. The van der Waals surface area contributed by atoms with E-state index in [1.54, 1.807) is 4.68 Å². The average Bonchev–Trinajstić information content (AvgIpc) is 2.66. The molecule has 4 nitrogen and oxygen atoms in total. The largest absolute Gasteiger partial charge is 0.323 e. The summed E-state index contributed by atoms with van der Waals surface area (Å²) in [5.41, 5.74) is 10.0. The standard InChI is InChI=1S/C12H16N4/c1-8-4-5-12(9(2)6-8)16-7-11(10(3)13)14-15-16/h4-7,10H,13H2,1-3H3. The van der Waals surface area contributed by atoms with Crippen LogP contribution in [0.3, 0.4) is 0 Å². The molecule has 2 rings (SSSR count). The number of rotatable bonds is 2. The third-order valence-electron chi connectivity index (χ3n) is 2.58. The van der Waals surface area contributed by atoms with E-state index in [2.05, 4.69) is 36.3 Å². The SMILES string of the molecule is Cc1ccc(-n2cc(C(C)N)nn2)c(C)c1. The Balaban J connectivity index is 2.42. The Labute approximate surface area is 95.1 Å². The summed E-state index contributed by atoms with van der Waals surface area (Å²) in [5.74, 6) is 0. The van der Waals surface area contributed by atoms with Crippen molar-refractivity contribution in [3.8, 4) is 5.69 Å². The fraction of sp³-hybridized carbons (Fsp3) is 0.333. The average molecular weight is 216 g/mol. The van der Waals surface area contributed by atoms with Gasteiger partial charge in [-0.05, 0) is 32.4 Å². The summed E-state index contributed by atoms with van der Waals surface area (Å²) in [6, 6.07) is 6.15. The van der Waals surface area contributed by atoms with Crippen molar-refractivity contribution in [2.75, 3.05) is 0 Å². The third-order valence-corrected chi connectivity index (χ3v) is 2.58. The summed E-state index contributed by atoms with van der Waals surface area (Å²) in [6.45, 7) is 6.04. The quantitative estimate of drug-likeness (QED) is 0.834. The van der Waals surface area contributed by atoms with Crippen LogP contribution in [0.25, 0.3) is 5.69 Å². The summed E-state index contributed by atoms with van der Waals surface area (Å²) >= 11 is 0. The second-order valence-electron chi connectivity index (χ2n) is 4.17. The second-order valence-corrected chi connectivity index (χ2v) is 4.17. The molecule has 1 atom stereocenters. The van der Waals surface area contributed by atoms with Crippen LogP contribution < -0.4 is 5.73 Å². The number of hydrogen-bond acceptors (Lipinski definition) is 3. The third kappa shape index (κ3) is 1.97. The maximum atomic E-state index is 5.75. The Hall–Kier alpha value is -1.68. The smallest absolute Gasteiger partial charge is 0.0995 e. The first-order valence-corrected chi connectivity index (χ1v) is 5.33. The predicted molar refractivity (Wildman–Crippen MR) is 63.4 cm³/mol. The molecule has 1 aromatic heterocycles. The zero-order valence-electron chi connectivity index (χ0n) is 9.81. The highest BCUT2D eigenvalue weighted by Crippen LogP contribution is 2.15. The van der Waals surface area contributed by atoms with Crippen molar-refractivity contribution in [3.63, 3.8) is 0 Å². The molecule has 16 heavy (non-hydrogen) atoms. The molecule has 2 aromatic rings. The Morgan fingerprint density at radius 1 is 1.31 bits per heavy atom. The lowest BCUT2D eigenvalue weighted by atomic mass is 10.1. The van der Waals surface area contributed by atoms with Gasteiger partial charge in [-0.2, -0.15) is 0 Å². The van der Waals surface area contributed by atoms with E-state index in [0.29, 0.717) is 0 Å². The van der Waals surface area contributed by atoms with E-state index < -0.39 is 0 Å². The summed E-state index contributed by atoms with van der Waals surface area (Å²) in [4.78, 5) is 0. The molecule has 0 saturated carbocycles. The van der Waals surface area contributed by atoms with Gasteiger partial charge in [0.2, 0.25) is 0 Å². The Kier molecular flexibility index (Phi) is 2.75. The van der Waals surface area contributed by atoms with E-state index in [9.17, 15) is 0 Å². The molecule has 0 aliphatic heterocycles. The van der Waals surface area contributed by atoms with Crippen molar-refractivity contribution in [1.29, 1.82) is 0 Å². The second kappa shape index (κ2) is 4.06. The summed E-state index contributed by atoms with van der Waals surface area (Å²) in [5, 5.41) is 8.13. The van der Waals surface area contributed by atoms with Crippen molar-refractivity contribution in [2.45, 2.75) is 26.8 Å². The molecular weight excluding hydrogens is 200 g/mol. The van der Waals surface area contributed by atoms with Crippen molar-refractivity contribution < 1.29 is 0 Å². The van der Waals surface area contributed by atoms with Gasteiger partial charge in [0.25, 0.3) is 0 Å². The number of aryl methyl sites for hydroxylation is 2. The van der Waals surface area contributed by atoms with Crippen molar-refractivity contribution >= 4 is 0 Å². The minimum Gasteiger partial charge on any atom is -0.323 e. The van der Waals surface area contributed by atoms with Crippen LogP contribution in [0.15, 0.2) is 24.4 Å². The van der Waals surface area contributed by atoms with Crippen molar-refractivity contribution in [1.82, 2.24) is 15.0 Å². The predicted octanol–water partition coefficient (Wildman–Crippen LogP) is 1.90. The first-order chi connectivity index (χ1) is 7.58. The Morgan fingerprint density at radius 2 is 2.06 bits per heavy atom. The topological polar surface area (TPSA) is 56.7 Å². The van der Waals surface area contributed by atoms with Crippen LogP contribution >= 0.6 is 0 Å². The van der Waals surface area contributed by atoms with Crippen LogP contribution in [0, 0.1) is 13.8 Å². The van der Waals surface area contributed by atoms with Gasteiger partial charge in [0.1, 0.15) is 0 Å². The number of nitrogens with two attached hydrogens (primary N) is 1. The maximum absolute atomic E-state index is 5.75. The molecule has 0 amide bonds. The summed E-state index contributed by atoms with van der Waals surface area (Å²) < 4.78 is 1.77. The molecule has 1 aromatic carbocycles. The van der Waals surface area contributed by atoms with E-state index in [0.717, 1.165) is 11.4 Å². The summed E-state index contributed by atoms with van der Waals surface area (Å²) in [6.07, 6.45) is 1.88. The van der Waals surface area contributed by atoms with Crippen LogP contribution in [-0.4, -0.2) is 15.0 Å². The molecule has 0 saturated heterocycles. The zero-order valence-corrected chi connectivity index (χ0v) is 9.81. The summed E-state index contributed by atoms with van der Waals surface area (Å²) in [7, 11) is 0. The van der Waals surface area contributed by atoms with Crippen LogP contribution in [0.4, 0.5) is 0 Å². The highest BCUT2D eigenvalue weighted by Gasteiger charge is 2.07. The Bertz CT molecular complexity index is 499. The van der Waals surface area contributed by atoms with Crippen LogP contribution in [0.2, 0.25) is 0 Å². The van der Waals surface area contributed by atoms with E-state index >= 15 is 0 Å². The molecule has 84 valence electrons. The molecule has 4 heteroatoms. The van der Waals surface area contributed by atoms with Crippen LogP contribution in [-0.2, 0) is 0 Å². The zero-order chi connectivity index (χ0) is 11.7. The minimum absolute atomic E-state index is 0.0838. The highest BCUT2D eigenvalue weighted by molar-refractivity contribution is 5.41. The van der Waals surface area contributed by atoms with Gasteiger partial charge >= 0.3 is 0 Å². The number of aromatic nitrogens is 3. The molecule has 2 N–H and O–H groups in total. The van der Waals surface area contributed by atoms with Gasteiger partial charge in [0.15, 0.2) is 0 Å². The molecule has 0 aliphatic rings. The fourth-order valence-electron chi connectivity index (χ4n) is 1.67. The Morgan fingerprint density at radius 3 is 2.62 bits per heavy atom. The number of benzene rings is 1. The monoisotopic (exact) mass is 216 g/mol. The molecule has 0 fully saturated rings. The number of hydrogen-bond donors (Lipinski definition) is 1. The normalized spacial score (nSPS) is 12.8. The van der Waals surface area contributed by atoms with Gasteiger partial charge < -0.3 is 5.73 Å². The lowest BCUT2D eigenvalue weighted by Crippen LogP contribution is -2.05. The van der Waals surface area contributed by atoms with Gasteiger partial charge in [-0.3, -0.25) is 0 Å². The van der Waals surface area contributed by atoms with E-state index in [-0.39, 0.29) is 6.04 Å². The number of nitrogens with zero attached hydrogens (tertiary/aromatic N) is 3. The first kappa shape index (κ1) is 10.8. The van der Waals surface area contributed by atoms with Gasteiger partial charge in [0.05, 0.1) is 17.6 Å². The maximum Gasteiger partial charge on any atom is 0.0995 e. The van der Waals surface area contributed by atoms with E-state index in [1.807, 2.05) is 19.2 Å². The molecule has 0 spiro atoms. The minimum atomic E-state index is -0.0838. The van der Waals surface area contributed by atoms with Crippen molar-refractivity contribution in [3.05, 3.63) is 41.2 Å². The molecule has 0 radical (unpaired) electrons. The van der Waals surface area contributed by atoms with E-state index in [1.165, 1.54) is 11.1 Å². The lowest BCUT2D eigenvalue weighted by Gasteiger charge is -2.05. The van der Waals surface area contributed by atoms with Crippen LogP contribution in [0.1, 0.15) is 29.8 Å². The van der Waals surface area contributed by atoms with Gasteiger partial charge in [-0.25, -0.2) is 4.68 Å². The van der Waals surface area contributed by atoms with Gasteiger partial charge in [-0.1, -0.05) is 22.9 Å².